The minimum absolute atomic E-state index is 0.0252. The minimum atomic E-state index is -0.234. The maximum Gasteiger partial charge on any atom is 0.258 e. The highest BCUT2D eigenvalue weighted by Crippen LogP contribution is 2.37. The smallest absolute Gasteiger partial charge is 0.258 e. The third kappa shape index (κ3) is 7.12. The van der Waals surface area contributed by atoms with E-state index >= 15 is 0 Å². The Kier molecular flexibility index (Phi) is 9.35. The molecule has 1 aromatic heterocycles. The summed E-state index contributed by atoms with van der Waals surface area (Å²) >= 11 is 6.16. The minimum Gasteiger partial charge on any atom is -0.354 e. The molecule has 7 nitrogen and oxygen atoms in total. The summed E-state index contributed by atoms with van der Waals surface area (Å²) in [5, 5.41) is 6.68. The summed E-state index contributed by atoms with van der Waals surface area (Å²) in [6.45, 7) is 11.8. The molecule has 2 aliphatic rings. The Hall–Kier alpha value is -2.90. The number of piperidine rings is 1. The molecule has 1 saturated carbocycles. The zero-order valence-electron chi connectivity index (χ0n) is 24.8. The van der Waals surface area contributed by atoms with Gasteiger partial charge in [0.2, 0.25) is 11.9 Å². The lowest BCUT2D eigenvalue weighted by Crippen LogP contribution is -2.37. The fraction of sp³-hybridized carbons (Fsp3) is 0.545. The summed E-state index contributed by atoms with van der Waals surface area (Å²) < 4.78 is 2.21. The van der Waals surface area contributed by atoms with Crippen molar-refractivity contribution in [3.8, 4) is 0 Å². The zero-order valence-corrected chi connectivity index (χ0v) is 25.6. The summed E-state index contributed by atoms with van der Waals surface area (Å²) in [7, 11) is 0. The summed E-state index contributed by atoms with van der Waals surface area (Å²) in [6, 6.07) is 13.8. The Morgan fingerprint density at radius 1 is 0.976 bits per heavy atom. The number of nitrogens with one attached hydrogen (secondary N) is 2. The number of amides is 2. The number of aromatic nitrogens is 2. The Bertz CT molecular complexity index is 1370. The molecule has 1 aliphatic carbocycles. The number of halogens is 1. The van der Waals surface area contributed by atoms with Gasteiger partial charge in [-0.15, -0.1) is 0 Å². The van der Waals surface area contributed by atoms with Gasteiger partial charge in [-0.2, -0.15) is 0 Å². The van der Waals surface area contributed by atoms with Gasteiger partial charge in [-0.3, -0.25) is 19.8 Å². The Labute approximate surface area is 249 Å². The van der Waals surface area contributed by atoms with Crippen LogP contribution in [0.5, 0.6) is 0 Å². The molecule has 2 aromatic carbocycles. The van der Waals surface area contributed by atoms with Crippen molar-refractivity contribution in [2.24, 2.45) is 17.8 Å². The van der Waals surface area contributed by atoms with E-state index in [9.17, 15) is 9.59 Å². The van der Waals surface area contributed by atoms with E-state index < -0.39 is 0 Å². The lowest BCUT2D eigenvalue weighted by molar-refractivity contribution is -0.126. The summed E-state index contributed by atoms with van der Waals surface area (Å²) in [4.78, 5) is 33.4. The molecule has 0 radical (unpaired) electrons. The second-order valence-corrected chi connectivity index (χ2v) is 13.1. The third-order valence-corrected chi connectivity index (χ3v) is 9.15. The van der Waals surface area contributed by atoms with Crippen molar-refractivity contribution in [3.63, 3.8) is 0 Å². The average Bonchev–Trinajstić information content (AvgIpc) is 3.30. The van der Waals surface area contributed by atoms with Crippen LogP contribution in [0.15, 0.2) is 42.5 Å². The number of fused-ring (bicyclic) bond motifs is 1. The molecule has 0 spiro atoms. The molecule has 2 amide bonds. The van der Waals surface area contributed by atoms with E-state index in [1.54, 1.807) is 24.3 Å². The number of imidazole rings is 1. The average molecular weight is 578 g/mol. The van der Waals surface area contributed by atoms with Gasteiger partial charge in [-0.1, -0.05) is 37.6 Å². The van der Waals surface area contributed by atoms with Crippen LogP contribution in [0.1, 0.15) is 88.2 Å². The maximum absolute atomic E-state index is 13.2. The molecule has 1 saturated heterocycles. The van der Waals surface area contributed by atoms with Crippen LogP contribution in [0.3, 0.4) is 0 Å². The molecular weight excluding hydrogens is 534 g/mol. The van der Waals surface area contributed by atoms with Gasteiger partial charge in [0.1, 0.15) is 0 Å². The summed E-state index contributed by atoms with van der Waals surface area (Å²) in [6.07, 6.45) is 5.85. The number of likely N-dealkylation sites (tertiary alicyclic amines) is 1. The quantitative estimate of drug-likeness (QED) is 0.300. The van der Waals surface area contributed by atoms with Crippen LogP contribution in [0.2, 0.25) is 5.02 Å². The van der Waals surface area contributed by atoms with Crippen LogP contribution in [-0.4, -0.2) is 45.4 Å². The molecule has 0 bridgehead atoms. The lowest BCUT2D eigenvalue weighted by atomic mass is 9.85. The first-order chi connectivity index (χ1) is 19.7. The van der Waals surface area contributed by atoms with Crippen LogP contribution in [0.4, 0.5) is 5.95 Å². The van der Waals surface area contributed by atoms with E-state index in [1.165, 1.54) is 18.4 Å². The van der Waals surface area contributed by atoms with Crippen LogP contribution < -0.4 is 10.6 Å². The molecule has 0 atom stereocenters. The van der Waals surface area contributed by atoms with E-state index in [2.05, 4.69) is 52.1 Å². The Morgan fingerprint density at radius 2 is 1.71 bits per heavy atom. The van der Waals surface area contributed by atoms with Crippen molar-refractivity contribution < 1.29 is 9.59 Å². The normalized spacial score (nSPS) is 20.6. The van der Waals surface area contributed by atoms with Gasteiger partial charge in [0.15, 0.2) is 0 Å². The molecule has 2 heterocycles. The monoisotopic (exact) mass is 577 g/mol. The van der Waals surface area contributed by atoms with Crippen molar-refractivity contribution in [2.75, 3.05) is 18.4 Å². The fourth-order valence-electron chi connectivity index (χ4n) is 6.53. The fourth-order valence-corrected chi connectivity index (χ4v) is 6.72. The van der Waals surface area contributed by atoms with E-state index in [-0.39, 0.29) is 29.8 Å². The largest absolute Gasteiger partial charge is 0.354 e. The standard InChI is InChI=1S/C33H44ClN5O2/c1-21(2)24-14-16-38(17-15-24)20-23-8-13-29-30(18-23)39(28-11-9-25(10-12-28)31(40)35-22(3)4)33(36-29)37-32(41)26-6-5-7-27(34)19-26/h5-8,13,18-19,21-22,24-25,28H,9-12,14-17,20H2,1-4H3,(H,35,40)(H,36,37,41). The molecule has 41 heavy (non-hydrogen) atoms. The van der Waals surface area contributed by atoms with Gasteiger partial charge in [0.25, 0.3) is 5.91 Å². The van der Waals surface area contributed by atoms with E-state index in [0.29, 0.717) is 16.5 Å². The van der Waals surface area contributed by atoms with Crippen LogP contribution in [0, 0.1) is 17.8 Å². The van der Waals surface area contributed by atoms with Gasteiger partial charge in [0.05, 0.1) is 11.0 Å². The van der Waals surface area contributed by atoms with Gasteiger partial charge in [-0.05, 0) is 113 Å². The molecule has 2 fully saturated rings. The Morgan fingerprint density at radius 3 is 2.37 bits per heavy atom. The highest BCUT2D eigenvalue weighted by Gasteiger charge is 2.30. The number of nitrogens with zero attached hydrogens (tertiary/aromatic N) is 3. The number of carbonyl (C=O) groups excluding carboxylic acids is 2. The predicted octanol–water partition coefficient (Wildman–Crippen LogP) is 7.07. The molecule has 1 aliphatic heterocycles. The van der Waals surface area contributed by atoms with E-state index in [4.69, 9.17) is 16.6 Å². The van der Waals surface area contributed by atoms with Crippen molar-refractivity contribution in [1.82, 2.24) is 19.8 Å². The Balaban J connectivity index is 1.40. The summed E-state index contributed by atoms with van der Waals surface area (Å²) in [5.41, 5.74) is 3.67. The number of hydrogen-bond acceptors (Lipinski definition) is 4. The molecule has 220 valence electrons. The van der Waals surface area contributed by atoms with E-state index in [1.807, 2.05) is 13.8 Å². The van der Waals surface area contributed by atoms with E-state index in [0.717, 1.165) is 68.2 Å². The van der Waals surface area contributed by atoms with Crippen LogP contribution >= 0.6 is 11.6 Å². The first-order valence-corrected chi connectivity index (χ1v) is 15.7. The lowest BCUT2D eigenvalue weighted by Gasteiger charge is -2.34. The van der Waals surface area contributed by atoms with Crippen LogP contribution in [-0.2, 0) is 11.3 Å². The molecule has 0 unspecified atom stereocenters. The first kappa shape index (κ1) is 29.6. The number of benzene rings is 2. The number of rotatable bonds is 8. The molecular formula is C33H44ClN5O2. The maximum atomic E-state index is 13.2. The third-order valence-electron chi connectivity index (χ3n) is 8.91. The molecule has 8 heteroatoms. The van der Waals surface area contributed by atoms with Gasteiger partial charge in [0, 0.05) is 35.1 Å². The topological polar surface area (TPSA) is 79.3 Å². The summed E-state index contributed by atoms with van der Waals surface area (Å²) in [5.74, 6) is 2.05. The van der Waals surface area contributed by atoms with Crippen LogP contribution in [0.25, 0.3) is 11.0 Å². The number of carbonyl (C=O) groups is 2. The SMILES string of the molecule is CC(C)NC(=O)C1CCC(n2c(NC(=O)c3cccc(Cl)c3)nc3ccc(CN4CCC(C(C)C)CC4)cc32)CC1. The predicted molar refractivity (Wildman–Crippen MR) is 166 cm³/mol. The van der Waals surface area contributed by atoms with Crippen molar-refractivity contribution in [1.29, 1.82) is 0 Å². The van der Waals surface area contributed by atoms with Crippen molar-refractivity contribution >= 4 is 40.4 Å². The first-order valence-electron chi connectivity index (χ1n) is 15.3. The number of hydrogen-bond donors (Lipinski definition) is 2. The van der Waals surface area contributed by atoms with Crippen molar-refractivity contribution in [2.45, 2.75) is 84.8 Å². The van der Waals surface area contributed by atoms with Gasteiger partial charge >= 0.3 is 0 Å². The number of anilines is 1. The highest BCUT2D eigenvalue weighted by molar-refractivity contribution is 6.31. The second kappa shape index (κ2) is 13.0. The second-order valence-electron chi connectivity index (χ2n) is 12.6. The van der Waals surface area contributed by atoms with Crippen molar-refractivity contribution in [3.05, 3.63) is 58.6 Å². The molecule has 3 aromatic rings. The van der Waals surface area contributed by atoms with Gasteiger partial charge < -0.3 is 9.88 Å². The van der Waals surface area contributed by atoms with Gasteiger partial charge in [-0.25, -0.2) is 4.98 Å². The molecule has 2 N–H and O–H groups in total. The molecule has 5 rings (SSSR count). The highest BCUT2D eigenvalue weighted by atomic mass is 35.5. The zero-order chi connectivity index (χ0) is 29.1.